The molecule has 0 atom stereocenters. The van der Waals surface area contributed by atoms with Crippen molar-refractivity contribution in [2.24, 2.45) is 5.41 Å². The minimum absolute atomic E-state index is 0.272. The Labute approximate surface area is 195 Å². The number of hydrogen-bond donors (Lipinski definition) is 2. The zero-order valence-corrected chi connectivity index (χ0v) is 19.7. The maximum Gasteiger partial charge on any atom is 0.229 e. The third-order valence-electron chi connectivity index (χ3n) is 6.89. The zero-order valence-electron chi connectivity index (χ0n) is 18.9. The van der Waals surface area contributed by atoms with Crippen molar-refractivity contribution in [3.05, 3.63) is 47.8 Å². The molecule has 4 aromatic rings. The van der Waals surface area contributed by atoms with Crippen LogP contribution >= 0.6 is 11.3 Å². The lowest BCUT2D eigenvalue weighted by molar-refractivity contribution is 0.0362. The third-order valence-corrected chi connectivity index (χ3v) is 8.02. The highest BCUT2D eigenvalue weighted by molar-refractivity contribution is 7.21. The fraction of sp³-hybridized carbons (Fsp3) is 0.417. The van der Waals surface area contributed by atoms with Gasteiger partial charge in [0.2, 0.25) is 5.95 Å². The van der Waals surface area contributed by atoms with E-state index in [-0.39, 0.29) is 11.7 Å². The number of rotatable bonds is 5. The van der Waals surface area contributed by atoms with E-state index in [9.17, 15) is 4.39 Å². The summed E-state index contributed by atoms with van der Waals surface area (Å²) in [7, 11) is 0. The molecule has 0 aromatic carbocycles. The molecule has 0 radical (unpaired) electrons. The Morgan fingerprint density at radius 3 is 2.67 bits per heavy atom. The number of aryl methyl sites for hydroxylation is 1. The Bertz CT molecular complexity index is 1330. The van der Waals surface area contributed by atoms with Crippen LogP contribution in [0.4, 0.5) is 16.2 Å². The number of fused-ring (bicyclic) bond motifs is 1. The maximum atomic E-state index is 14.7. The van der Waals surface area contributed by atoms with Crippen molar-refractivity contribution in [2.45, 2.75) is 45.6 Å². The first kappa shape index (κ1) is 20.7. The zero-order chi connectivity index (χ0) is 22.7. The lowest BCUT2D eigenvalue weighted by atomic mass is 9.57. The van der Waals surface area contributed by atoms with Crippen molar-refractivity contribution in [1.29, 1.82) is 0 Å². The Hall–Kier alpha value is -2.91. The third kappa shape index (κ3) is 3.50. The highest BCUT2D eigenvalue weighted by Crippen LogP contribution is 2.53. The number of pyridine rings is 1. The van der Waals surface area contributed by atoms with E-state index in [1.807, 2.05) is 25.3 Å². The molecule has 9 heteroatoms. The number of halogens is 1. The summed E-state index contributed by atoms with van der Waals surface area (Å²) in [5.74, 6) is 2.07. The summed E-state index contributed by atoms with van der Waals surface area (Å²) in [4.78, 5) is 19.5. The first-order chi connectivity index (χ1) is 15.9. The van der Waals surface area contributed by atoms with E-state index in [0.29, 0.717) is 23.1 Å². The fourth-order valence-corrected chi connectivity index (χ4v) is 6.42. The number of nitrogens with one attached hydrogen (secondary N) is 2. The first-order valence-corrected chi connectivity index (χ1v) is 12.2. The number of anilines is 2. The van der Waals surface area contributed by atoms with Crippen molar-refractivity contribution >= 4 is 33.5 Å². The summed E-state index contributed by atoms with van der Waals surface area (Å²) in [5, 5.41) is 6.50. The minimum Gasteiger partial charge on any atom is -0.317 e. The summed E-state index contributed by atoms with van der Waals surface area (Å²) >= 11 is 1.50. The van der Waals surface area contributed by atoms with Crippen molar-refractivity contribution in [3.63, 3.8) is 0 Å². The van der Waals surface area contributed by atoms with Crippen LogP contribution in [0.25, 0.3) is 20.9 Å². The fourth-order valence-electron chi connectivity index (χ4n) is 5.15. The van der Waals surface area contributed by atoms with E-state index in [4.69, 9.17) is 0 Å². The van der Waals surface area contributed by atoms with Crippen molar-refractivity contribution in [1.82, 2.24) is 29.8 Å². The molecule has 2 aliphatic rings. The average Bonchev–Trinajstić information content (AvgIpc) is 3.24. The smallest absolute Gasteiger partial charge is 0.229 e. The van der Waals surface area contributed by atoms with Crippen LogP contribution in [-0.4, -0.2) is 37.6 Å². The van der Waals surface area contributed by atoms with Crippen LogP contribution in [0.3, 0.4) is 0 Å². The van der Waals surface area contributed by atoms with Crippen LogP contribution in [0.15, 0.2) is 30.6 Å². The molecule has 1 spiro atoms. The molecule has 0 bridgehead atoms. The number of nitrogens with zero attached hydrogens (tertiary/aromatic N) is 5. The van der Waals surface area contributed by atoms with Gasteiger partial charge in [0.15, 0.2) is 5.82 Å². The van der Waals surface area contributed by atoms with E-state index in [1.54, 1.807) is 0 Å². The number of thiophene rings is 1. The van der Waals surface area contributed by atoms with Crippen LogP contribution < -0.4 is 10.6 Å². The standard InChI is InChI=1S/C24H26FN7S/c1-13(2)32-14(3)29-18-6-19(33-22(18)32)21-17(25)10-28-23(31-21)30-20-5-4-15(9-27-20)16-7-24(8-16)11-26-12-24/h4-6,9-10,13,16,26H,7-8,11-12H2,1-3H3,(H,27,28,30,31). The summed E-state index contributed by atoms with van der Waals surface area (Å²) in [6.45, 7) is 8.52. The van der Waals surface area contributed by atoms with Gasteiger partial charge in [-0.3, -0.25) is 0 Å². The van der Waals surface area contributed by atoms with E-state index in [1.165, 1.54) is 35.9 Å². The SMILES string of the molecule is Cc1nc2cc(-c3nc(Nc4ccc(C5CC6(CNC6)C5)cn4)ncc3F)sc2n1C(C)C. The summed E-state index contributed by atoms with van der Waals surface area (Å²) < 4.78 is 16.8. The number of imidazole rings is 1. The monoisotopic (exact) mass is 463 g/mol. The molecule has 2 N–H and O–H groups in total. The maximum absolute atomic E-state index is 14.7. The lowest BCUT2D eigenvalue weighted by Gasteiger charge is -2.54. The van der Waals surface area contributed by atoms with E-state index in [2.05, 4.69) is 55.1 Å². The molecule has 0 amide bonds. The summed E-state index contributed by atoms with van der Waals surface area (Å²) in [6, 6.07) is 6.24. The van der Waals surface area contributed by atoms with Gasteiger partial charge in [0.1, 0.15) is 27.7 Å². The molecule has 7 nitrogen and oxygen atoms in total. The number of aromatic nitrogens is 5. The largest absolute Gasteiger partial charge is 0.317 e. The predicted molar refractivity (Wildman–Crippen MR) is 129 cm³/mol. The van der Waals surface area contributed by atoms with Gasteiger partial charge in [0.25, 0.3) is 0 Å². The Morgan fingerprint density at radius 2 is 2.00 bits per heavy atom. The molecule has 1 aliphatic carbocycles. The molecule has 2 fully saturated rings. The summed E-state index contributed by atoms with van der Waals surface area (Å²) in [6.07, 6.45) is 5.61. The van der Waals surface area contributed by atoms with Gasteiger partial charge in [-0.05, 0) is 62.6 Å². The molecule has 0 unspecified atom stereocenters. The van der Waals surface area contributed by atoms with E-state index < -0.39 is 5.82 Å². The molecular formula is C24H26FN7S. The Morgan fingerprint density at radius 1 is 1.18 bits per heavy atom. The van der Waals surface area contributed by atoms with Crippen molar-refractivity contribution in [3.8, 4) is 10.6 Å². The van der Waals surface area contributed by atoms with Gasteiger partial charge < -0.3 is 15.2 Å². The highest BCUT2D eigenvalue weighted by Gasteiger charge is 2.48. The molecule has 33 heavy (non-hydrogen) atoms. The van der Waals surface area contributed by atoms with Gasteiger partial charge in [-0.25, -0.2) is 24.3 Å². The van der Waals surface area contributed by atoms with Crippen LogP contribution in [0.2, 0.25) is 0 Å². The molecular weight excluding hydrogens is 437 g/mol. The normalized spacial score (nSPS) is 17.5. The molecule has 1 saturated heterocycles. The van der Waals surface area contributed by atoms with Crippen LogP contribution in [0, 0.1) is 18.2 Å². The van der Waals surface area contributed by atoms with Crippen LogP contribution in [-0.2, 0) is 0 Å². The Kier molecular flexibility index (Phi) is 4.74. The molecule has 170 valence electrons. The van der Waals surface area contributed by atoms with Gasteiger partial charge in [-0.2, -0.15) is 0 Å². The first-order valence-electron chi connectivity index (χ1n) is 11.4. The molecule has 4 aromatic heterocycles. The second-order valence-corrected chi connectivity index (χ2v) is 10.7. The quantitative estimate of drug-likeness (QED) is 0.424. The second-order valence-electron chi connectivity index (χ2n) is 9.62. The van der Waals surface area contributed by atoms with Gasteiger partial charge in [-0.1, -0.05) is 6.07 Å². The molecule has 6 rings (SSSR count). The number of hydrogen-bond acceptors (Lipinski definition) is 7. The lowest BCUT2D eigenvalue weighted by Crippen LogP contribution is -2.59. The van der Waals surface area contributed by atoms with Crippen molar-refractivity contribution in [2.75, 3.05) is 18.4 Å². The Balaban J connectivity index is 1.22. The van der Waals surface area contributed by atoms with Gasteiger partial charge in [-0.15, -0.1) is 11.3 Å². The van der Waals surface area contributed by atoms with Crippen LogP contribution in [0.5, 0.6) is 0 Å². The minimum atomic E-state index is -0.454. The van der Waals surface area contributed by atoms with Gasteiger partial charge >= 0.3 is 0 Å². The summed E-state index contributed by atoms with van der Waals surface area (Å²) in [5.41, 5.74) is 2.95. The predicted octanol–water partition coefficient (Wildman–Crippen LogP) is 5.19. The van der Waals surface area contributed by atoms with E-state index >= 15 is 0 Å². The topological polar surface area (TPSA) is 80.6 Å². The van der Waals surface area contributed by atoms with Gasteiger partial charge in [0.05, 0.1) is 11.1 Å². The molecule has 5 heterocycles. The molecule has 1 saturated carbocycles. The van der Waals surface area contributed by atoms with Gasteiger partial charge in [0, 0.05) is 25.3 Å². The average molecular weight is 464 g/mol. The highest BCUT2D eigenvalue weighted by atomic mass is 32.1. The van der Waals surface area contributed by atoms with Crippen LogP contribution in [0.1, 0.15) is 50.0 Å². The second kappa shape index (κ2) is 7.56. The van der Waals surface area contributed by atoms with Crippen molar-refractivity contribution < 1.29 is 4.39 Å². The van der Waals surface area contributed by atoms with E-state index in [0.717, 1.165) is 34.1 Å². The molecule has 1 aliphatic heterocycles.